The molecule has 0 N–H and O–H groups in total. The highest BCUT2D eigenvalue weighted by atomic mass is 79.9. The van der Waals surface area contributed by atoms with Crippen molar-refractivity contribution in [1.29, 1.82) is 0 Å². The fourth-order valence-corrected chi connectivity index (χ4v) is 3.05. The Bertz CT molecular complexity index is 867. The molecule has 0 aliphatic heterocycles. The van der Waals surface area contributed by atoms with Gasteiger partial charge in [0, 0.05) is 44.8 Å². The van der Waals surface area contributed by atoms with E-state index in [2.05, 4.69) is 15.9 Å². The number of aromatic nitrogens is 1. The molecule has 106 valence electrons. The molecule has 0 radical (unpaired) electrons. The number of benzene rings is 2. The first kappa shape index (κ1) is 14.4. The third kappa shape index (κ3) is 2.52. The number of halogens is 2. The molecule has 0 saturated carbocycles. The van der Waals surface area contributed by atoms with Crippen LogP contribution in [0, 0.1) is 6.92 Å². The van der Waals surface area contributed by atoms with Crippen molar-refractivity contribution in [3.63, 3.8) is 0 Å². The number of rotatable bonds is 2. The Kier molecular flexibility index (Phi) is 3.64. The lowest BCUT2D eigenvalue weighted by atomic mass is 9.99. The summed E-state index contributed by atoms with van der Waals surface area (Å²) in [4.78, 5) is 12.9. The smallest absolute Gasteiger partial charge is 0.195 e. The van der Waals surface area contributed by atoms with E-state index in [0.717, 1.165) is 20.9 Å². The zero-order valence-electron chi connectivity index (χ0n) is 11.7. The molecule has 3 rings (SSSR count). The summed E-state index contributed by atoms with van der Waals surface area (Å²) in [5, 5.41) is 1.59. The molecule has 0 saturated heterocycles. The first-order valence-corrected chi connectivity index (χ1v) is 7.70. The number of hydrogen-bond acceptors (Lipinski definition) is 1. The van der Waals surface area contributed by atoms with Gasteiger partial charge in [0.25, 0.3) is 0 Å². The second-order valence-corrected chi connectivity index (χ2v) is 6.46. The molecule has 1 aromatic heterocycles. The standard InChI is InChI=1S/C17H13BrClNO/c1-10-3-4-11(18)7-14(10)17(21)15-9-20(2)16-8-12(19)5-6-13(15)16/h3-9H,1-2H3. The van der Waals surface area contributed by atoms with E-state index in [9.17, 15) is 4.79 Å². The van der Waals surface area contributed by atoms with Crippen molar-refractivity contribution < 1.29 is 4.79 Å². The topological polar surface area (TPSA) is 22.0 Å². The van der Waals surface area contributed by atoms with Crippen LogP contribution in [0.25, 0.3) is 10.9 Å². The van der Waals surface area contributed by atoms with E-state index in [1.54, 1.807) is 0 Å². The average molecular weight is 363 g/mol. The lowest BCUT2D eigenvalue weighted by molar-refractivity contribution is 0.103. The molecule has 4 heteroatoms. The Hall–Kier alpha value is -1.58. The van der Waals surface area contributed by atoms with Crippen LogP contribution in [0.15, 0.2) is 47.1 Å². The van der Waals surface area contributed by atoms with Crippen LogP contribution in [0.3, 0.4) is 0 Å². The maximum atomic E-state index is 12.9. The van der Waals surface area contributed by atoms with E-state index in [-0.39, 0.29) is 5.78 Å². The Balaban J connectivity index is 2.21. The van der Waals surface area contributed by atoms with E-state index < -0.39 is 0 Å². The molecular weight excluding hydrogens is 350 g/mol. The summed E-state index contributed by atoms with van der Waals surface area (Å²) in [6.07, 6.45) is 1.86. The van der Waals surface area contributed by atoms with Crippen LogP contribution in [0.4, 0.5) is 0 Å². The SMILES string of the molecule is Cc1ccc(Br)cc1C(=O)c1cn(C)c2cc(Cl)ccc12. The van der Waals surface area contributed by atoms with E-state index >= 15 is 0 Å². The maximum absolute atomic E-state index is 12.9. The van der Waals surface area contributed by atoms with Gasteiger partial charge < -0.3 is 4.57 Å². The third-order valence-electron chi connectivity index (χ3n) is 3.64. The van der Waals surface area contributed by atoms with Crippen molar-refractivity contribution in [3.05, 3.63) is 68.8 Å². The van der Waals surface area contributed by atoms with E-state index in [1.807, 2.05) is 61.1 Å². The van der Waals surface area contributed by atoms with Gasteiger partial charge in [-0.2, -0.15) is 0 Å². The van der Waals surface area contributed by atoms with Gasteiger partial charge in [-0.05, 0) is 36.8 Å². The fourth-order valence-electron chi connectivity index (χ4n) is 2.52. The van der Waals surface area contributed by atoms with Crippen molar-refractivity contribution in [2.75, 3.05) is 0 Å². The number of ketones is 1. The summed E-state index contributed by atoms with van der Waals surface area (Å²) in [6.45, 7) is 1.95. The highest BCUT2D eigenvalue weighted by Gasteiger charge is 2.17. The Morgan fingerprint density at radius 2 is 1.90 bits per heavy atom. The van der Waals surface area contributed by atoms with E-state index in [1.165, 1.54) is 0 Å². The summed E-state index contributed by atoms with van der Waals surface area (Å²) in [5.74, 6) is 0.0294. The van der Waals surface area contributed by atoms with Crippen molar-refractivity contribution >= 4 is 44.2 Å². The molecule has 0 spiro atoms. The Labute approximate surface area is 136 Å². The molecule has 0 amide bonds. The Morgan fingerprint density at radius 1 is 1.14 bits per heavy atom. The molecular formula is C17H13BrClNO. The summed E-state index contributed by atoms with van der Waals surface area (Å²) in [5.41, 5.74) is 3.34. The summed E-state index contributed by atoms with van der Waals surface area (Å²) < 4.78 is 2.83. The minimum absolute atomic E-state index is 0.0294. The van der Waals surface area contributed by atoms with E-state index in [0.29, 0.717) is 16.1 Å². The molecule has 0 unspecified atom stereocenters. The number of nitrogens with zero attached hydrogens (tertiary/aromatic N) is 1. The minimum atomic E-state index is 0.0294. The zero-order valence-corrected chi connectivity index (χ0v) is 14.0. The van der Waals surface area contributed by atoms with Gasteiger partial charge in [0.05, 0.1) is 0 Å². The molecule has 3 aromatic rings. The van der Waals surface area contributed by atoms with Gasteiger partial charge in [-0.25, -0.2) is 0 Å². The second-order valence-electron chi connectivity index (χ2n) is 5.10. The van der Waals surface area contributed by atoms with Gasteiger partial charge >= 0.3 is 0 Å². The van der Waals surface area contributed by atoms with Crippen LogP contribution in [-0.2, 0) is 7.05 Å². The van der Waals surface area contributed by atoms with Gasteiger partial charge in [-0.15, -0.1) is 0 Å². The fraction of sp³-hybridized carbons (Fsp3) is 0.118. The lowest BCUT2D eigenvalue weighted by Gasteiger charge is -2.05. The van der Waals surface area contributed by atoms with Crippen molar-refractivity contribution in [3.8, 4) is 0 Å². The molecule has 0 aliphatic rings. The monoisotopic (exact) mass is 361 g/mol. The highest BCUT2D eigenvalue weighted by Crippen LogP contribution is 2.27. The second kappa shape index (κ2) is 5.32. The number of fused-ring (bicyclic) bond motifs is 1. The van der Waals surface area contributed by atoms with Crippen LogP contribution in [-0.4, -0.2) is 10.4 Å². The maximum Gasteiger partial charge on any atom is 0.195 e. The molecule has 0 aliphatic carbocycles. The zero-order chi connectivity index (χ0) is 15.1. The number of carbonyl (C=O) groups is 1. The number of aryl methyl sites for hydroxylation is 2. The van der Waals surface area contributed by atoms with Crippen LogP contribution in [0.1, 0.15) is 21.5 Å². The normalized spacial score (nSPS) is 11.0. The predicted molar refractivity (Wildman–Crippen MR) is 90.2 cm³/mol. The van der Waals surface area contributed by atoms with Crippen LogP contribution in [0.5, 0.6) is 0 Å². The molecule has 2 nitrogen and oxygen atoms in total. The largest absolute Gasteiger partial charge is 0.350 e. The third-order valence-corrected chi connectivity index (χ3v) is 4.37. The molecule has 1 heterocycles. The van der Waals surface area contributed by atoms with Crippen LogP contribution >= 0.6 is 27.5 Å². The quantitative estimate of drug-likeness (QED) is 0.579. The molecule has 0 fully saturated rings. The first-order valence-electron chi connectivity index (χ1n) is 6.53. The van der Waals surface area contributed by atoms with Crippen molar-refractivity contribution in [1.82, 2.24) is 4.57 Å². The first-order chi connectivity index (χ1) is 9.97. The van der Waals surface area contributed by atoms with Gasteiger partial charge in [-0.3, -0.25) is 4.79 Å². The van der Waals surface area contributed by atoms with Gasteiger partial charge in [0.1, 0.15) is 0 Å². The number of hydrogen-bond donors (Lipinski definition) is 0. The van der Waals surface area contributed by atoms with Gasteiger partial charge in [0.2, 0.25) is 0 Å². The van der Waals surface area contributed by atoms with E-state index in [4.69, 9.17) is 11.6 Å². The minimum Gasteiger partial charge on any atom is -0.350 e. The number of carbonyl (C=O) groups excluding carboxylic acids is 1. The average Bonchev–Trinajstić information content (AvgIpc) is 2.78. The summed E-state index contributed by atoms with van der Waals surface area (Å²) in [6, 6.07) is 11.3. The molecule has 21 heavy (non-hydrogen) atoms. The highest BCUT2D eigenvalue weighted by molar-refractivity contribution is 9.10. The molecule has 0 bridgehead atoms. The van der Waals surface area contributed by atoms with Gasteiger partial charge in [0.15, 0.2) is 5.78 Å². The molecule has 0 atom stereocenters. The summed E-state index contributed by atoms with van der Waals surface area (Å²) in [7, 11) is 1.92. The summed E-state index contributed by atoms with van der Waals surface area (Å²) >= 11 is 9.46. The van der Waals surface area contributed by atoms with Crippen molar-refractivity contribution in [2.45, 2.75) is 6.92 Å². The Morgan fingerprint density at radius 3 is 2.67 bits per heavy atom. The van der Waals surface area contributed by atoms with Gasteiger partial charge in [-0.1, -0.05) is 39.7 Å². The predicted octanol–water partition coefficient (Wildman–Crippen LogP) is 5.13. The van der Waals surface area contributed by atoms with Crippen LogP contribution < -0.4 is 0 Å². The lowest BCUT2D eigenvalue weighted by Crippen LogP contribution is -2.03. The molecule has 2 aromatic carbocycles. The van der Waals surface area contributed by atoms with Crippen molar-refractivity contribution in [2.24, 2.45) is 7.05 Å². The van der Waals surface area contributed by atoms with Crippen LogP contribution in [0.2, 0.25) is 5.02 Å².